The van der Waals surface area contributed by atoms with Gasteiger partial charge in [0.05, 0.1) is 5.60 Å². The Morgan fingerprint density at radius 2 is 1.65 bits per heavy atom. The molecule has 4 fully saturated rings. The Balaban J connectivity index is 1.39. The first-order valence-electron chi connectivity index (χ1n) is 10.0. The van der Waals surface area contributed by atoms with Crippen LogP contribution in [0.25, 0.3) is 10.8 Å². The average Bonchev–Trinajstić information content (AvgIpc) is 2.67. The van der Waals surface area contributed by atoms with Crippen LogP contribution in [0.15, 0.2) is 42.5 Å². The maximum atomic E-state index is 13.0. The summed E-state index contributed by atoms with van der Waals surface area (Å²) in [5.74, 6) is 3.03. The van der Waals surface area contributed by atoms with Crippen molar-refractivity contribution in [1.29, 1.82) is 0 Å². The summed E-state index contributed by atoms with van der Waals surface area (Å²) in [6.45, 7) is 0.639. The lowest BCUT2D eigenvalue weighted by Crippen LogP contribution is -2.63. The van der Waals surface area contributed by atoms with Crippen molar-refractivity contribution in [3.8, 4) is 0 Å². The number of amides is 1. The summed E-state index contributed by atoms with van der Waals surface area (Å²) in [6, 6.07) is 14.0. The Labute approximate surface area is 155 Å². The lowest BCUT2D eigenvalue weighted by atomic mass is 9.49. The predicted octanol–water partition coefficient (Wildman–Crippen LogP) is 4.41. The number of carbonyl (C=O) groups excluding carboxylic acids is 1. The number of methoxy groups -OCH3 is 1. The van der Waals surface area contributed by atoms with E-state index in [1.807, 2.05) is 37.4 Å². The highest BCUT2D eigenvalue weighted by atomic mass is 16.5. The van der Waals surface area contributed by atoms with Gasteiger partial charge in [0, 0.05) is 19.2 Å². The topological polar surface area (TPSA) is 38.3 Å². The molecule has 3 nitrogen and oxygen atoms in total. The third kappa shape index (κ3) is 2.40. The van der Waals surface area contributed by atoms with Crippen LogP contribution >= 0.6 is 0 Å². The number of benzene rings is 2. The van der Waals surface area contributed by atoms with E-state index in [1.165, 1.54) is 32.1 Å². The fourth-order valence-electron chi connectivity index (χ4n) is 6.41. The maximum absolute atomic E-state index is 13.0. The first-order chi connectivity index (χ1) is 12.7. The summed E-state index contributed by atoms with van der Waals surface area (Å²) in [5, 5.41) is 5.37. The zero-order valence-corrected chi connectivity index (χ0v) is 15.4. The molecule has 6 rings (SSSR count). The van der Waals surface area contributed by atoms with E-state index in [9.17, 15) is 4.79 Å². The van der Waals surface area contributed by atoms with E-state index < -0.39 is 0 Å². The number of ether oxygens (including phenoxy) is 1. The molecule has 1 N–H and O–H groups in total. The van der Waals surface area contributed by atoms with E-state index in [1.54, 1.807) is 0 Å². The molecule has 4 aliphatic carbocycles. The van der Waals surface area contributed by atoms with Crippen molar-refractivity contribution in [3.05, 3.63) is 48.0 Å². The predicted molar refractivity (Wildman–Crippen MR) is 103 cm³/mol. The lowest BCUT2D eigenvalue weighted by molar-refractivity contribution is -0.186. The van der Waals surface area contributed by atoms with Gasteiger partial charge in [-0.25, -0.2) is 0 Å². The maximum Gasteiger partial charge on any atom is 0.252 e. The number of hydrogen-bond acceptors (Lipinski definition) is 2. The van der Waals surface area contributed by atoms with Gasteiger partial charge in [-0.3, -0.25) is 4.79 Å². The minimum atomic E-state index is -0.159. The molecule has 0 aliphatic heterocycles. The van der Waals surface area contributed by atoms with Crippen LogP contribution in [0.3, 0.4) is 0 Å². The standard InChI is InChI=1S/C23H27NO2/c1-26-23(18-10-15-9-16(12-18)13-19(23)11-15)14-24-22(25)21-8-4-6-17-5-2-3-7-20(17)21/h2-8,15-16,18-19H,9-14H2,1H3,(H,24,25). The normalized spacial score (nSPS) is 35.0. The second kappa shape index (κ2) is 6.09. The second-order valence-electron chi connectivity index (χ2n) is 8.67. The molecule has 1 amide bonds. The third-order valence-electron chi connectivity index (χ3n) is 7.46. The Bertz CT molecular complexity index is 810. The Morgan fingerprint density at radius 3 is 2.35 bits per heavy atom. The molecule has 0 spiro atoms. The van der Waals surface area contributed by atoms with Gasteiger partial charge in [-0.2, -0.15) is 0 Å². The van der Waals surface area contributed by atoms with Crippen molar-refractivity contribution in [2.24, 2.45) is 23.7 Å². The zero-order chi connectivity index (χ0) is 17.7. The van der Waals surface area contributed by atoms with Crippen LogP contribution in [-0.4, -0.2) is 25.2 Å². The number of fused-ring (bicyclic) bond motifs is 1. The second-order valence-corrected chi connectivity index (χ2v) is 8.67. The van der Waals surface area contributed by atoms with E-state index in [0.717, 1.165) is 28.2 Å². The number of hydrogen-bond donors (Lipinski definition) is 1. The summed E-state index contributed by atoms with van der Waals surface area (Å²) >= 11 is 0. The molecular formula is C23H27NO2. The van der Waals surface area contributed by atoms with E-state index in [4.69, 9.17) is 4.74 Å². The van der Waals surface area contributed by atoms with Gasteiger partial charge in [0.1, 0.15) is 0 Å². The molecule has 2 aromatic rings. The fourth-order valence-corrected chi connectivity index (χ4v) is 6.41. The molecule has 4 bridgehead atoms. The first-order valence-corrected chi connectivity index (χ1v) is 10.0. The molecule has 0 radical (unpaired) electrons. The van der Waals surface area contributed by atoms with Crippen molar-refractivity contribution in [3.63, 3.8) is 0 Å². The zero-order valence-electron chi connectivity index (χ0n) is 15.4. The van der Waals surface area contributed by atoms with Crippen LogP contribution in [0.1, 0.15) is 42.5 Å². The van der Waals surface area contributed by atoms with Crippen molar-refractivity contribution >= 4 is 16.7 Å². The highest BCUT2D eigenvalue weighted by molar-refractivity contribution is 6.07. The van der Waals surface area contributed by atoms with Crippen LogP contribution in [0.5, 0.6) is 0 Å². The molecule has 3 heteroatoms. The molecule has 136 valence electrons. The van der Waals surface area contributed by atoms with E-state index in [2.05, 4.69) is 17.4 Å². The van der Waals surface area contributed by atoms with Crippen LogP contribution < -0.4 is 5.32 Å². The SMILES string of the molecule is COC1(CNC(=O)c2cccc3ccccc23)C2CC3CC(C2)CC1C3. The third-order valence-corrected chi connectivity index (χ3v) is 7.46. The first kappa shape index (κ1) is 16.3. The summed E-state index contributed by atoms with van der Waals surface area (Å²) < 4.78 is 6.17. The summed E-state index contributed by atoms with van der Waals surface area (Å²) in [4.78, 5) is 13.0. The molecule has 0 unspecified atom stereocenters. The molecular weight excluding hydrogens is 322 g/mol. The highest BCUT2D eigenvalue weighted by Gasteiger charge is 2.57. The van der Waals surface area contributed by atoms with Crippen LogP contribution in [0.2, 0.25) is 0 Å². The molecule has 4 saturated carbocycles. The summed E-state index contributed by atoms with van der Waals surface area (Å²) in [6.07, 6.45) is 6.56. The number of nitrogens with one attached hydrogen (secondary N) is 1. The summed E-state index contributed by atoms with van der Waals surface area (Å²) in [7, 11) is 1.85. The number of carbonyl (C=O) groups is 1. The van der Waals surface area contributed by atoms with Gasteiger partial charge in [0.2, 0.25) is 0 Å². The monoisotopic (exact) mass is 349 g/mol. The molecule has 26 heavy (non-hydrogen) atoms. The molecule has 0 saturated heterocycles. The molecule has 2 aromatic carbocycles. The molecule has 0 aromatic heterocycles. The van der Waals surface area contributed by atoms with Crippen molar-refractivity contribution < 1.29 is 9.53 Å². The van der Waals surface area contributed by atoms with Gasteiger partial charge in [0.25, 0.3) is 5.91 Å². The summed E-state index contributed by atoms with van der Waals surface area (Å²) in [5.41, 5.74) is 0.603. The van der Waals surface area contributed by atoms with Gasteiger partial charge in [0.15, 0.2) is 0 Å². The molecule has 0 heterocycles. The van der Waals surface area contributed by atoms with E-state index in [-0.39, 0.29) is 11.5 Å². The van der Waals surface area contributed by atoms with Crippen LogP contribution in [0.4, 0.5) is 0 Å². The smallest absolute Gasteiger partial charge is 0.252 e. The van der Waals surface area contributed by atoms with Crippen LogP contribution in [-0.2, 0) is 4.74 Å². The van der Waals surface area contributed by atoms with Gasteiger partial charge in [-0.05, 0) is 72.6 Å². The quantitative estimate of drug-likeness (QED) is 0.888. The minimum Gasteiger partial charge on any atom is -0.376 e. The largest absolute Gasteiger partial charge is 0.376 e. The fraction of sp³-hybridized carbons (Fsp3) is 0.522. The molecule has 0 atom stereocenters. The van der Waals surface area contributed by atoms with Gasteiger partial charge in [-0.15, -0.1) is 0 Å². The molecule has 4 aliphatic rings. The Morgan fingerprint density at radius 1 is 1.00 bits per heavy atom. The Hall–Kier alpha value is -1.87. The van der Waals surface area contributed by atoms with Gasteiger partial charge < -0.3 is 10.1 Å². The average molecular weight is 349 g/mol. The number of rotatable bonds is 4. The minimum absolute atomic E-state index is 0.0204. The van der Waals surface area contributed by atoms with E-state index in [0.29, 0.717) is 18.4 Å². The van der Waals surface area contributed by atoms with E-state index >= 15 is 0 Å². The van der Waals surface area contributed by atoms with Crippen LogP contribution in [0, 0.1) is 23.7 Å². The Kier molecular flexibility index (Phi) is 3.82. The van der Waals surface area contributed by atoms with Crippen molar-refractivity contribution in [2.45, 2.75) is 37.7 Å². The van der Waals surface area contributed by atoms with Gasteiger partial charge in [-0.1, -0.05) is 36.4 Å². The highest BCUT2D eigenvalue weighted by Crippen LogP contribution is 2.59. The lowest BCUT2D eigenvalue weighted by Gasteiger charge is -2.60. The van der Waals surface area contributed by atoms with Crippen molar-refractivity contribution in [1.82, 2.24) is 5.32 Å². The van der Waals surface area contributed by atoms with Gasteiger partial charge >= 0.3 is 0 Å². The van der Waals surface area contributed by atoms with Crippen molar-refractivity contribution in [2.75, 3.05) is 13.7 Å².